The van der Waals surface area contributed by atoms with Gasteiger partial charge in [0.05, 0.1) is 29.2 Å². The number of aromatic nitrogens is 4. The molecule has 0 aliphatic heterocycles. The van der Waals surface area contributed by atoms with Crippen LogP contribution >= 0.6 is 0 Å². The van der Waals surface area contributed by atoms with E-state index >= 15 is 0 Å². The lowest BCUT2D eigenvalue weighted by Gasteiger charge is -2.06. The minimum absolute atomic E-state index is 0.0180. The highest BCUT2D eigenvalue weighted by molar-refractivity contribution is 7.92. The first-order chi connectivity index (χ1) is 13.9. The van der Waals surface area contributed by atoms with Crippen molar-refractivity contribution >= 4 is 32.7 Å². The summed E-state index contributed by atoms with van der Waals surface area (Å²) in [7, 11) is -0.286. The number of benzene rings is 2. The first-order valence-electron chi connectivity index (χ1n) is 8.69. The summed E-state index contributed by atoms with van der Waals surface area (Å²) in [6.45, 7) is 0. The van der Waals surface area contributed by atoms with E-state index in [2.05, 4.69) is 25.0 Å². The number of carbonyl (C=O) groups excluding carboxylic acids is 1. The molecule has 0 unspecified atom stereocenters. The molecule has 2 aromatic carbocycles. The Morgan fingerprint density at radius 2 is 1.90 bits per heavy atom. The lowest BCUT2D eigenvalue weighted by Crippen LogP contribution is -2.17. The molecule has 0 aliphatic rings. The van der Waals surface area contributed by atoms with Gasteiger partial charge in [-0.25, -0.2) is 9.97 Å². The number of carbonyl (C=O) groups is 1. The van der Waals surface area contributed by atoms with Gasteiger partial charge in [-0.1, -0.05) is 12.1 Å². The maximum Gasteiger partial charge on any atom is 0.278 e. The molecule has 4 aromatic rings. The SMILES string of the molecule is CNC(=O)c1ccc(-c2nc3cc(NS(=O)(=O)c4cnc[nH]4)ccc3n2C)cc1. The number of sulfonamides is 1. The summed E-state index contributed by atoms with van der Waals surface area (Å²) < 4.78 is 29.2. The molecule has 3 N–H and O–H groups in total. The first-order valence-corrected chi connectivity index (χ1v) is 10.2. The molecule has 4 rings (SSSR count). The predicted molar refractivity (Wildman–Crippen MR) is 109 cm³/mol. The molecule has 0 saturated carbocycles. The third-order valence-electron chi connectivity index (χ3n) is 4.53. The molecule has 0 spiro atoms. The molecule has 9 nitrogen and oxygen atoms in total. The summed E-state index contributed by atoms with van der Waals surface area (Å²) in [6, 6.07) is 12.3. The fourth-order valence-electron chi connectivity index (χ4n) is 3.04. The zero-order chi connectivity index (χ0) is 20.6. The average molecular weight is 410 g/mol. The topological polar surface area (TPSA) is 122 Å². The Balaban J connectivity index is 1.68. The average Bonchev–Trinajstić information content (AvgIpc) is 3.36. The summed E-state index contributed by atoms with van der Waals surface area (Å²) >= 11 is 0. The van der Waals surface area contributed by atoms with Gasteiger partial charge in [0.15, 0.2) is 5.03 Å². The Morgan fingerprint density at radius 3 is 2.55 bits per heavy atom. The highest BCUT2D eigenvalue weighted by atomic mass is 32.2. The van der Waals surface area contributed by atoms with E-state index in [1.807, 2.05) is 23.7 Å². The van der Waals surface area contributed by atoms with Crippen LogP contribution in [0.1, 0.15) is 10.4 Å². The van der Waals surface area contributed by atoms with Crippen molar-refractivity contribution in [3.63, 3.8) is 0 Å². The van der Waals surface area contributed by atoms with E-state index in [4.69, 9.17) is 0 Å². The van der Waals surface area contributed by atoms with Crippen molar-refractivity contribution in [1.82, 2.24) is 24.8 Å². The van der Waals surface area contributed by atoms with Crippen molar-refractivity contribution in [2.24, 2.45) is 7.05 Å². The summed E-state index contributed by atoms with van der Waals surface area (Å²) in [5, 5.41) is 2.57. The maximum absolute atomic E-state index is 12.4. The summed E-state index contributed by atoms with van der Waals surface area (Å²) in [4.78, 5) is 22.7. The monoisotopic (exact) mass is 410 g/mol. The lowest BCUT2D eigenvalue weighted by molar-refractivity contribution is 0.0963. The van der Waals surface area contributed by atoms with Gasteiger partial charge in [-0.15, -0.1) is 0 Å². The number of nitrogens with one attached hydrogen (secondary N) is 3. The Bertz CT molecular complexity index is 1290. The van der Waals surface area contributed by atoms with E-state index in [1.165, 1.54) is 12.5 Å². The third kappa shape index (κ3) is 3.45. The minimum atomic E-state index is -3.75. The summed E-state index contributed by atoms with van der Waals surface area (Å²) in [5.74, 6) is 0.549. The third-order valence-corrected chi connectivity index (χ3v) is 5.83. The molecule has 2 aromatic heterocycles. The number of rotatable bonds is 5. The summed E-state index contributed by atoms with van der Waals surface area (Å²) in [5.41, 5.74) is 3.29. The predicted octanol–water partition coefficient (Wildman–Crippen LogP) is 2.12. The maximum atomic E-state index is 12.4. The van der Waals surface area contributed by atoms with E-state index in [0.29, 0.717) is 22.6 Å². The Hall–Kier alpha value is -3.66. The second kappa shape index (κ2) is 7.06. The van der Waals surface area contributed by atoms with Crippen LogP contribution in [0.25, 0.3) is 22.4 Å². The van der Waals surface area contributed by atoms with E-state index in [-0.39, 0.29) is 10.9 Å². The van der Waals surface area contributed by atoms with E-state index in [9.17, 15) is 13.2 Å². The van der Waals surface area contributed by atoms with Crippen molar-refractivity contribution in [2.45, 2.75) is 5.03 Å². The standard InChI is InChI=1S/C19H18N6O3S/c1-20-19(26)13-5-3-12(4-6-13)18-23-15-9-14(7-8-16(15)25(18)2)24-29(27,28)17-10-21-11-22-17/h3-11,24H,1-2H3,(H,20,26)(H,21,22). The molecule has 0 bridgehead atoms. The number of nitrogens with zero attached hydrogens (tertiary/aromatic N) is 3. The van der Waals surface area contributed by atoms with Crippen molar-refractivity contribution in [2.75, 3.05) is 11.8 Å². The number of fused-ring (bicyclic) bond motifs is 1. The van der Waals surface area contributed by atoms with Crippen molar-refractivity contribution < 1.29 is 13.2 Å². The number of hydrogen-bond donors (Lipinski definition) is 3. The second-order valence-electron chi connectivity index (χ2n) is 6.38. The van der Waals surface area contributed by atoms with Crippen LogP contribution in [0.15, 0.2) is 60.0 Å². The number of H-pyrrole nitrogens is 1. The molecule has 2 heterocycles. The van der Waals surface area contributed by atoms with Crippen molar-refractivity contribution in [1.29, 1.82) is 0 Å². The Kier molecular flexibility index (Phi) is 4.55. The molecule has 0 radical (unpaired) electrons. The number of amides is 1. The molecule has 10 heteroatoms. The molecule has 0 atom stereocenters. The van der Waals surface area contributed by atoms with Crippen LogP contribution in [0.4, 0.5) is 5.69 Å². The lowest BCUT2D eigenvalue weighted by atomic mass is 10.1. The fraction of sp³-hybridized carbons (Fsp3) is 0.105. The summed E-state index contributed by atoms with van der Waals surface area (Å²) in [6.07, 6.45) is 2.54. The van der Waals surface area contributed by atoms with E-state index in [0.717, 1.165) is 11.1 Å². The van der Waals surface area contributed by atoms with Gasteiger partial charge >= 0.3 is 0 Å². The minimum Gasteiger partial charge on any atom is -0.355 e. The highest BCUT2D eigenvalue weighted by Crippen LogP contribution is 2.26. The largest absolute Gasteiger partial charge is 0.355 e. The number of aryl methyl sites for hydroxylation is 1. The zero-order valence-electron chi connectivity index (χ0n) is 15.7. The van der Waals surface area contributed by atoms with Crippen LogP contribution in [0, 0.1) is 0 Å². The van der Waals surface area contributed by atoms with E-state index < -0.39 is 10.0 Å². The number of aromatic amines is 1. The molecular formula is C19H18N6O3S. The van der Waals surface area contributed by atoms with Gasteiger partial charge in [0, 0.05) is 25.2 Å². The normalized spacial score (nSPS) is 11.5. The molecule has 148 valence electrons. The van der Waals surface area contributed by atoms with Gasteiger partial charge in [0.2, 0.25) is 0 Å². The quantitative estimate of drug-likeness (QED) is 0.465. The number of anilines is 1. The smallest absolute Gasteiger partial charge is 0.278 e. The molecule has 0 saturated heterocycles. The number of imidazole rings is 2. The van der Waals surface area contributed by atoms with Crippen molar-refractivity contribution in [3.05, 3.63) is 60.6 Å². The van der Waals surface area contributed by atoms with Gasteiger partial charge in [0.1, 0.15) is 5.82 Å². The van der Waals surface area contributed by atoms with Gasteiger partial charge in [-0.2, -0.15) is 8.42 Å². The van der Waals surface area contributed by atoms with Crippen LogP contribution in [0.3, 0.4) is 0 Å². The van der Waals surface area contributed by atoms with Gasteiger partial charge in [-0.05, 0) is 30.3 Å². The van der Waals surface area contributed by atoms with Gasteiger partial charge in [0.25, 0.3) is 15.9 Å². The van der Waals surface area contributed by atoms with Crippen LogP contribution in [0.5, 0.6) is 0 Å². The second-order valence-corrected chi connectivity index (χ2v) is 8.03. The van der Waals surface area contributed by atoms with Crippen molar-refractivity contribution in [3.8, 4) is 11.4 Å². The van der Waals surface area contributed by atoms with Gasteiger partial charge in [-0.3, -0.25) is 9.52 Å². The zero-order valence-corrected chi connectivity index (χ0v) is 16.5. The van der Waals surface area contributed by atoms with Crippen LogP contribution in [0.2, 0.25) is 0 Å². The van der Waals surface area contributed by atoms with Gasteiger partial charge < -0.3 is 14.9 Å². The van der Waals surface area contributed by atoms with Crippen LogP contribution < -0.4 is 10.0 Å². The molecule has 29 heavy (non-hydrogen) atoms. The Labute approximate surface area is 166 Å². The van der Waals surface area contributed by atoms with Crippen LogP contribution in [-0.2, 0) is 17.1 Å². The number of hydrogen-bond acceptors (Lipinski definition) is 5. The first kappa shape index (κ1) is 18.7. The van der Waals surface area contributed by atoms with Crippen LogP contribution in [-0.4, -0.2) is 40.9 Å². The molecule has 1 amide bonds. The molecular weight excluding hydrogens is 392 g/mol. The fourth-order valence-corrected chi connectivity index (χ4v) is 3.99. The molecule has 0 fully saturated rings. The molecule has 0 aliphatic carbocycles. The Morgan fingerprint density at radius 1 is 1.14 bits per heavy atom. The van der Waals surface area contributed by atoms with E-state index in [1.54, 1.807) is 37.4 Å². The highest BCUT2D eigenvalue weighted by Gasteiger charge is 2.17.